The first-order valence-electron chi connectivity index (χ1n) is 10.9. The van der Waals surface area contributed by atoms with Crippen molar-refractivity contribution in [3.63, 3.8) is 0 Å². The summed E-state index contributed by atoms with van der Waals surface area (Å²) in [4.78, 5) is 32.6. The Bertz CT molecular complexity index is 890. The summed E-state index contributed by atoms with van der Waals surface area (Å²) in [7, 11) is 2.12. The molecule has 0 aliphatic carbocycles. The zero-order valence-corrected chi connectivity index (χ0v) is 18.0. The van der Waals surface area contributed by atoms with Crippen LogP contribution in [0, 0.1) is 12.8 Å². The first kappa shape index (κ1) is 20.6. The summed E-state index contributed by atoms with van der Waals surface area (Å²) in [6.45, 7) is 5.79. The topological polar surface area (TPSA) is 43.9 Å². The Morgan fingerprint density at radius 1 is 0.867 bits per heavy atom. The van der Waals surface area contributed by atoms with E-state index in [-0.39, 0.29) is 23.8 Å². The number of hydrogen-bond donors (Lipinski definition) is 0. The summed E-state index contributed by atoms with van der Waals surface area (Å²) < 4.78 is 0. The van der Waals surface area contributed by atoms with Crippen molar-refractivity contribution in [2.24, 2.45) is 5.92 Å². The number of aryl methyl sites for hydroxylation is 1. The van der Waals surface area contributed by atoms with Crippen LogP contribution in [0.3, 0.4) is 0 Å². The van der Waals surface area contributed by atoms with Crippen LogP contribution < -0.4 is 0 Å². The van der Waals surface area contributed by atoms with E-state index < -0.39 is 0 Å². The highest BCUT2D eigenvalue weighted by Gasteiger charge is 2.36. The van der Waals surface area contributed by atoms with E-state index in [1.165, 1.54) is 5.56 Å². The predicted molar refractivity (Wildman–Crippen MR) is 118 cm³/mol. The smallest absolute Gasteiger partial charge is 0.254 e. The predicted octanol–water partition coefficient (Wildman–Crippen LogP) is 3.36. The molecule has 4 rings (SSSR count). The van der Waals surface area contributed by atoms with Gasteiger partial charge < -0.3 is 14.7 Å². The summed E-state index contributed by atoms with van der Waals surface area (Å²) in [5, 5.41) is 0. The Balaban J connectivity index is 1.42. The molecule has 5 heteroatoms. The molecule has 30 heavy (non-hydrogen) atoms. The van der Waals surface area contributed by atoms with E-state index in [1.807, 2.05) is 54.3 Å². The Morgan fingerprint density at radius 3 is 2.23 bits per heavy atom. The molecular formula is C25H31N3O2. The number of likely N-dealkylation sites (N-methyl/N-ethyl adjacent to an activating group) is 1. The minimum atomic E-state index is 0.000499. The Hall–Kier alpha value is -2.66. The van der Waals surface area contributed by atoms with E-state index >= 15 is 0 Å². The molecule has 1 atom stereocenters. The molecule has 2 heterocycles. The second kappa shape index (κ2) is 9.00. The third-order valence-electron chi connectivity index (χ3n) is 6.56. The second-order valence-electron chi connectivity index (χ2n) is 8.60. The maximum absolute atomic E-state index is 13.4. The van der Waals surface area contributed by atoms with Crippen LogP contribution in [0.2, 0.25) is 0 Å². The fourth-order valence-corrected chi connectivity index (χ4v) is 4.69. The number of likely N-dealkylation sites (tertiary alicyclic amines) is 1. The number of carbonyl (C=O) groups is 2. The zero-order chi connectivity index (χ0) is 21.1. The Kier molecular flexibility index (Phi) is 6.18. The highest BCUT2D eigenvalue weighted by atomic mass is 16.2. The van der Waals surface area contributed by atoms with Gasteiger partial charge in [-0.15, -0.1) is 0 Å². The first-order valence-corrected chi connectivity index (χ1v) is 10.9. The molecule has 5 nitrogen and oxygen atoms in total. The van der Waals surface area contributed by atoms with Crippen molar-refractivity contribution in [2.75, 3.05) is 39.8 Å². The van der Waals surface area contributed by atoms with Gasteiger partial charge in [0.2, 0.25) is 5.91 Å². The molecule has 0 radical (unpaired) electrons. The standard InChI is InChI=1S/C25H31N3O2/c1-19-8-6-7-11-22(19)25(30)27-14-12-21(13-15-27)24(29)28-17-16-26(2)18-23(28)20-9-4-3-5-10-20/h3-11,21,23H,12-18H2,1-2H3/t23-/m1/s1. The van der Waals surface area contributed by atoms with E-state index in [2.05, 4.69) is 29.0 Å². The Labute approximate surface area is 179 Å². The molecule has 2 fully saturated rings. The molecule has 0 spiro atoms. The maximum atomic E-state index is 13.4. The van der Waals surface area contributed by atoms with Crippen LogP contribution >= 0.6 is 0 Å². The lowest BCUT2D eigenvalue weighted by Gasteiger charge is -2.43. The molecule has 0 bridgehead atoms. The average molecular weight is 406 g/mol. The molecular weight excluding hydrogens is 374 g/mol. The summed E-state index contributed by atoms with van der Waals surface area (Å²) in [6, 6.07) is 18.2. The minimum absolute atomic E-state index is 0.000499. The van der Waals surface area contributed by atoms with Crippen LogP contribution in [0.15, 0.2) is 54.6 Å². The Morgan fingerprint density at radius 2 is 1.53 bits per heavy atom. The van der Waals surface area contributed by atoms with E-state index in [4.69, 9.17) is 0 Å². The van der Waals surface area contributed by atoms with Crippen molar-refractivity contribution >= 4 is 11.8 Å². The summed E-state index contributed by atoms with van der Waals surface area (Å²) in [5.74, 6) is 0.334. The average Bonchev–Trinajstić information content (AvgIpc) is 2.79. The van der Waals surface area contributed by atoms with Gasteiger partial charge in [0.05, 0.1) is 6.04 Å². The molecule has 0 saturated carbocycles. The molecule has 2 aliphatic rings. The monoisotopic (exact) mass is 405 g/mol. The molecule has 2 saturated heterocycles. The van der Waals surface area contributed by atoms with Crippen LogP contribution in [0.4, 0.5) is 0 Å². The van der Waals surface area contributed by atoms with Gasteiger partial charge in [-0.1, -0.05) is 48.5 Å². The summed E-state index contributed by atoms with van der Waals surface area (Å²) in [6.07, 6.45) is 1.48. The lowest BCUT2D eigenvalue weighted by atomic mass is 9.92. The number of amides is 2. The maximum Gasteiger partial charge on any atom is 0.254 e. The molecule has 0 N–H and O–H groups in total. The zero-order valence-electron chi connectivity index (χ0n) is 18.0. The van der Waals surface area contributed by atoms with Crippen molar-refractivity contribution < 1.29 is 9.59 Å². The molecule has 0 aromatic heterocycles. The third-order valence-corrected chi connectivity index (χ3v) is 6.56. The number of hydrogen-bond acceptors (Lipinski definition) is 3. The van der Waals surface area contributed by atoms with Gasteiger partial charge in [0.1, 0.15) is 0 Å². The first-order chi connectivity index (χ1) is 14.5. The van der Waals surface area contributed by atoms with Crippen LogP contribution in [0.25, 0.3) is 0 Å². The molecule has 2 amide bonds. The van der Waals surface area contributed by atoms with Crippen LogP contribution in [0.5, 0.6) is 0 Å². The largest absolute Gasteiger partial charge is 0.339 e. The number of nitrogens with zero attached hydrogens (tertiary/aromatic N) is 3. The van der Waals surface area contributed by atoms with Crippen LogP contribution in [-0.4, -0.2) is 66.3 Å². The fraction of sp³-hybridized carbons (Fsp3) is 0.440. The van der Waals surface area contributed by atoms with Crippen molar-refractivity contribution in [1.82, 2.24) is 14.7 Å². The number of benzene rings is 2. The van der Waals surface area contributed by atoms with Gasteiger partial charge in [-0.25, -0.2) is 0 Å². The molecule has 2 aromatic rings. The van der Waals surface area contributed by atoms with Crippen molar-refractivity contribution in [2.45, 2.75) is 25.8 Å². The number of piperazine rings is 1. The molecule has 2 aliphatic heterocycles. The van der Waals surface area contributed by atoms with Crippen LogP contribution in [-0.2, 0) is 4.79 Å². The van der Waals surface area contributed by atoms with Gasteiger partial charge in [-0.3, -0.25) is 9.59 Å². The molecule has 0 unspecified atom stereocenters. The lowest BCUT2D eigenvalue weighted by molar-refractivity contribution is -0.142. The third kappa shape index (κ3) is 4.26. The minimum Gasteiger partial charge on any atom is -0.339 e. The number of carbonyl (C=O) groups excluding carboxylic acids is 2. The normalized spacial score (nSPS) is 20.9. The highest BCUT2D eigenvalue weighted by Crippen LogP contribution is 2.29. The molecule has 158 valence electrons. The van der Waals surface area contributed by atoms with Gasteiger partial charge in [0.15, 0.2) is 0 Å². The van der Waals surface area contributed by atoms with E-state index in [9.17, 15) is 9.59 Å². The van der Waals surface area contributed by atoms with Gasteiger partial charge in [-0.05, 0) is 44.0 Å². The van der Waals surface area contributed by atoms with Crippen molar-refractivity contribution in [1.29, 1.82) is 0 Å². The van der Waals surface area contributed by atoms with Crippen LogP contribution in [0.1, 0.15) is 40.4 Å². The summed E-state index contributed by atoms with van der Waals surface area (Å²) in [5.41, 5.74) is 2.97. The number of piperidine rings is 1. The lowest BCUT2D eigenvalue weighted by Crippen LogP contribution is -2.52. The van der Waals surface area contributed by atoms with E-state index in [0.29, 0.717) is 13.1 Å². The fourth-order valence-electron chi connectivity index (χ4n) is 4.69. The van der Waals surface area contributed by atoms with Gasteiger partial charge in [-0.2, -0.15) is 0 Å². The van der Waals surface area contributed by atoms with Gasteiger partial charge in [0, 0.05) is 44.2 Å². The van der Waals surface area contributed by atoms with E-state index in [0.717, 1.165) is 43.6 Å². The van der Waals surface area contributed by atoms with Crippen molar-refractivity contribution in [3.8, 4) is 0 Å². The number of rotatable bonds is 3. The second-order valence-corrected chi connectivity index (χ2v) is 8.60. The highest BCUT2D eigenvalue weighted by molar-refractivity contribution is 5.95. The van der Waals surface area contributed by atoms with Gasteiger partial charge >= 0.3 is 0 Å². The van der Waals surface area contributed by atoms with E-state index in [1.54, 1.807) is 0 Å². The van der Waals surface area contributed by atoms with Crippen molar-refractivity contribution in [3.05, 3.63) is 71.3 Å². The SMILES string of the molecule is Cc1ccccc1C(=O)N1CCC(C(=O)N2CCN(C)C[C@@H]2c2ccccc2)CC1. The van der Waals surface area contributed by atoms with Gasteiger partial charge in [0.25, 0.3) is 5.91 Å². The molecule has 2 aromatic carbocycles. The quantitative estimate of drug-likeness (QED) is 0.787. The summed E-state index contributed by atoms with van der Waals surface area (Å²) >= 11 is 0.